The highest BCUT2D eigenvalue weighted by molar-refractivity contribution is 6.58. The number of anilines is 2. The molecule has 0 fully saturated rings. The molecule has 0 bridgehead atoms. The summed E-state index contributed by atoms with van der Waals surface area (Å²) in [6.45, 7) is 0. The predicted molar refractivity (Wildman–Crippen MR) is 66.6 cm³/mol. The zero-order chi connectivity index (χ0) is 12.3. The third-order valence-electron chi connectivity index (χ3n) is 2.05. The van der Waals surface area contributed by atoms with Crippen LogP contribution in [0.3, 0.4) is 0 Å². The fourth-order valence-corrected chi connectivity index (χ4v) is 1.42. The van der Waals surface area contributed by atoms with E-state index < -0.39 is 7.12 Å². The highest BCUT2D eigenvalue weighted by Gasteiger charge is 2.11. The molecule has 0 saturated carbocycles. The van der Waals surface area contributed by atoms with Crippen LogP contribution in [0, 0.1) is 0 Å². The van der Waals surface area contributed by atoms with Crippen molar-refractivity contribution in [3.63, 3.8) is 0 Å². The van der Waals surface area contributed by atoms with Crippen LogP contribution in [0.1, 0.15) is 0 Å². The molecule has 2 aromatic rings. The van der Waals surface area contributed by atoms with Crippen molar-refractivity contribution >= 4 is 35.8 Å². The molecule has 0 spiro atoms. The Bertz CT molecular complexity index is 507. The number of halogens is 1. The van der Waals surface area contributed by atoms with Crippen molar-refractivity contribution in [2.75, 3.05) is 5.32 Å². The van der Waals surface area contributed by atoms with Gasteiger partial charge in [0.2, 0.25) is 5.95 Å². The maximum atomic E-state index is 8.88. The molecule has 86 valence electrons. The van der Waals surface area contributed by atoms with Gasteiger partial charge in [-0.05, 0) is 18.2 Å². The molecule has 5 nitrogen and oxygen atoms in total. The summed E-state index contributed by atoms with van der Waals surface area (Å²) in [5.74, 6) is 0.358. The Morgan fingerprint density at radius 1 is 1.18 bits per heavy atom. The average Bonchev–Trinajstić information content (AvgIpc) is 2.29. The Labute approximate surface area is 103 Å². The zero-order valence-corrected chi connectivity index (χ0v) is 9.46. The van der Waals surface area contributed by atoms with Crippen molar-refractivity contribution in [3.05, 3.63) is 41.7 Å². The van der Waals surface area contributed by atoms with Crippen LogP contribution >= 0.6 is 11.6 Å². The molecular formula is C10H9BClN3O2. The molecule has 1 heterocycles. The van der Waals surface area contributed by atoms with Crippen LogP contribution in [0.4, 0.5) is 11.6 Å². The van der Waals surface area contributed by atoms with E-state index in [9.17, 15) is 0 Å². The largest absolute Gasteiger partial charge is 0.491 e. The van der Waals surface area contributed by atoms with Gasteiger partial charge in [0.1, 0.15) is 0 Å². The molecule has 17 heavy (non-hydrogen) atoms. The molecule has 0 unspecified atom stereocenters. The summed E-state index contributed by atoms with van der Waals surface area (Å²) < 4.78 is 0. The van der Waals surface area contributed by atoms with E-state index in [2.05, 4.69) is 15.3 Å². The Morgan fingerprint density at radius 3 is 2.47 bits per heavy atom. The molecule has 0 aliphatic heterocycles. The van der Waals surface area contributed by atoms with Gasteiger partial charge in [-0.2, -0.15) is 0 Å². The Morgan fingerprint density at radius 2 is 1.88 bits per heavy atom. The van der Waals surface area contributed by atoms with E-state index in [0.29, 0.717) is 11.0 Å². The summed E-state index contributed by atoms with van der Waals surface area (Å²) in [5, 5.41) is 21.3. The maximum Gasteiger partial charge on any atom is 0.491 e. The normalized spacial score (nSPS) is 10.1. The predicted octanol–water partition coefficient (Wildman–Crippen LogP) is 0.553. The summed E-state index contributed by atoms with van der Waals surface area (Å²) >= 11 is 5.83. The summed E-state index contributed by atoms with van der Waals surface area (Å²) in [6.07, 6.45) is 2.68. The van der Waals surface area contributed by atoms with Gasteiger partial charge in [-0.3, -0.25) is 0 Å². The molecule has 0 aliphatic rings. The maximum absolute atomic E-state index is 8.88. The standard InChI is InChI=1S/C10H9BClN3O2/c12-8-2-1-3-9(4-8)15-10-13-5-7(6-14-10)11(16)17/h1-6,16-17H,(H,13,14,15). The van der Waals surface area contributed by atoms with Crippen LogP contribution in [-0.2, 0) is 0 Å². The average molecular weight is 249 g/mol. The van der Waals surface area contributed by atoms with Gasteiger partial charge in [0, 0.05) is 28.6 Å². The van der Waals surface area contributed by atoms with Gasteiger partial charge in [-0.1, -0.05) is 17.7 Å². The molecule has 2 rings (SSSR count). The number of nitrogens with one attached hydrogen (secondary N) is 1. The molecule has 0 saturated heterocycles. The van der Waals surface area contributed by atoms with Gasteiger partial charge >= 0.3 is 7.12 Å². The minimum absolute atomic E-state index is 0.238. The first-order valence-electron chi connectivity index (χ1n) is 4.86. The van der Waals surface area contributed by atoms with Crippen LogP contribution in [0.2, 0.25) is 5.02 Å². The molecule has 0 atom stereocenters. The van der Waals surface area contributed by atoms with Crippen LogP contribution in [-0.4, -0.2) is 27.1 Å². The van der Waals surface area contributed by atoms with E-state index >= 15 is 0 Å². The number of hydrogen-bond acceptors (Lipinski definition) is 5. The summed E-state index contributed by atoms with van der Waals surface area (Å²) in [7, 11) is -1.56. The number of hydrogen-bond donors (Lipinski definition) is 3. The third-order valence-corrected chi connectivity index (χ3v) is 2.29. The first-order valence-corrected chi connectivity index (χ1v) is 5.23. The molecule has 3 N–H and O–H groups in total. The van der Waals surface area contributed by atoms with Crippen LogP contribution in [0.15, 0.2) is 36.7 Å². The Hall–Kier alpha value is -1.63. The van der Waals surface area contributed by atoms with Gasteiger partial charge < -0.3 is 15.4 Å². The van der Waals surface area contributed by atoms with E-state index in [1.807, 2.05) is 6.07 Å². The van der Waals surface area contributed by atoms with E-state index in [4.69, 9.17) is 21.6 Å². The zero-order valence-electron chi connectivity index (χ0n) is 8.71. The fraction of sp³-hybridized carbons (Fsp3) is 0. The lowest BCUT2D eigenvalue weighted by Gasteiger charge is -2.05. The van der Waals surface area contributed by atoms with Crippen molar-refractivity contribution in [3.8, 4) is 0 Å². The second kappa shape index (κ2) is 5.14. The number of rotatable bonds is 3. The molecule has 0 radical (unpaired) electrons. The molecule has 0 aliphatic carbocycles. The molecule has 7 heteroatoms. The highest BCUT2D eigenvalue weighted by atomic mass is 35.5. The van der Waals surface area contributed by atoms with Gasteiger partial charge in [0.05, 0.1) is 0 Å². The molecule has 1 aromatic carbocycles. The van der Waals surface area contributed by atoms with Crippen molar-refractivity contribution in [2.45, 2.75) is 0 Å². The van der Waals surface area contributed by atoms with Crippen molar-refractivity contribution in [1.82, 2.24) is 9.97 Å². The van der Waals surface area contributed by atoms with Gasteiger partial charge in [-0.25, -0.2) is 9.97 Å². The van der Waals surface area contributed by atoms with Gasteiger partial charge in [0.15, 0.2) is 0 Å². The smallest absolute Gasteiger partial charge is 0.423 e. The SMILES string of the molecule is OB(O)c1cnc(Nc2cccc(Cl)c2)nc1. The molecule has 0 amide bonds. The lowest BCUT2D eigenvalue weighted by atomic mass is 9.83. The van der Waals surface area contributed by atoms with E-state index in [1.54, 1.807) is 18.2 Å². The third kappa shape index (κ3) is 3.16. The first-order chi connectivity index (χ1) is 8.15. The lowest BCUT2D eigenvalue weighted by molar-refractivity contribution is 0.425. The first kappa shape index (κ1) is 11.8. The van der Waals surface area contributed by atoms with Crippen LogP contribution in [0.25, 0.3) is 0 Å². The van der Waals surface area contributed by atoms with Gasteiger partial charge in [-0.15, -0.1) is 0 Å². The van der Waals surface area contributed by atoms with E-state index in [1.165, 1.54) is 12.4 Å². The minimum atomic E-state index is -1.56. The van der Waals surface area contributed by atoms with Crippen LogP contribution in [0.5, 0.6) is 0 Å². The molecule has 1 aromatic heterocycles. The van der Waals surface area contributed by atoms with Crippen LogP contribution < -0.4 is 10.8 Å². The second-order valence-corrected chi connectivity index (χ2v) is 3.79. The van der Waals surface area contributed by atoms with Crippen molar-refractivity contribution in [2.24, 2.45) is 0 Å². The summed E-state index contributed by atoms with van der Waals surface area (Å²) in [4.78, 5) is 7.88. The Kier molecular flexibility index (Phi) is 3.58. The van der Waals surface area contributed by atoms with E-state index in [-0.39, 0.29) is 5.46 Å². The highest BCUT2D eigenvalue weighted by Crippen LogP contribution is 2.17. The molecular weight excluding hydrogens is 240 g/mol. The quantitative estimate of drug-likeness (QED) is 0.693. The lowest BCUT2D eigenvalue weighted by Crippen LogP contribution is -2.30. The summed E-state index contributed by atoms with van der Waals surface area (Å²) in [5.41, 5.74) is 0.997. The fourth-order valence-electron chi connectivity index (χ4n) is 1.23. The van der Waals surface area contributed by atoms with Crippen molar-refractivity contribution in [1.29, 1.82) is 0 Å². The minimum Gasteiger partial charge on any atom is -0.423 e. The van der Waals surface area contributed by atoms with Gasteiger partial charge in [0.25, 0.3) is 0 Å². The monoisotopic (exact) mass is 249 g/mol. The second-order valence-electron chi connectivity index (χ2n) is 3.35. The number of nitrogens with zero attached hydrogens (tertiary/aromatic N) is 2. The van der Waals surface area contributed by atoms with E-state index in [0.717, 1.165) is 5.69 Å². The number of aromatic nitrogens is 2. The number of benzene rings is 1. The Balaban J connectivity index is 2.14. The topological polar surface area (TPSA) is 78.3 Å². The van der Waals surface area contributed by atoms with Crippen molar-refractivity contribution < 1.29 is 10.0 Å². The summed E-state index contributed by atoms with van der Waals surface area (Å²) in [6, 6.07) is 7.12.